The van der Waals surface area contributed by atoms with Crippen LogP contribution in [0.5, 0.6) is 0 Å². The summed E-state index contributed by atoms with van der Waals surface area (Å²) in [4.78, 5) is 12.0. The number of hydrogen-bond donors (Lipinski definition) is 0. The number of carbonyl (C=O) groups is 1. The number of fused-ring (bicyclic) bond motifs is 1. The third-order valence-corrected chi connectivity index (χ3v) is 5.16. The zero-order valence-electron chi connectivity index (χ0n) is 20.5. The fourth-order valence-corrected chi connectivity index (χ4v) is 3.33. The highest BCUT2D eigenvalue weighted by Gasteiger charge is 2.36. The maximum absolute atomic E-state index is 12.0. The summed E-state index contributed by atoms with van der Waals surface area (Å²) in [5, 5.41) is 0. The summed E-state index contributed by atoms with van der Waals surface area (Å²) in [7, 11) is 0. The average molecular weight is 441 g/mol. The van der Waals surface area contributed by atoms with Gasteiger partial charge >= 0.3 is 0 Å². The molecule has 4 nitrogen and oxygen atoms in total. The minimum absolute atomic E-state index is 0.00460. The first kappa shape index (κ1) is 27.8. The Morgan fingerprint density at radius 1 is 1.22 bits per heavy atom. The van der Waals surface area contributed by atoms with Gasteiger partial charge in [-0.1, -0.05) is 28.7 Å². The molecule has 0 amide bonds. The summed E-state index contributed by atoms with van der Waals surface area (Å²) in [5.74, 6) is 2.61. The van der Waals surface area contributed by atoms with E-state index < -0.39 is 6.29 Å². The molecule has 0 N–H and O–H groups in total. The fourth-order valence-electron chi connectivity index (χ4n) is 3.33. The molecule has 0 spiro atoms. The summed E-state index contributed by atoms with van der Waals surface area (Å²) >= 11 is 0. The Hall–Kier alpha value is -2.19. The van der Waals surface area contributed by atoms with Gasteiger partial charge in [0.15, 0.2) is 12.1 Å². The van der Waals surface area contributed by atoms with Crippen molar-refractivity contribution in [1.29, 1.82) is 0 Å². The predicted octanol–water partition coefficient (Wildman–Crippen LogP) is 6.11. The quantitative estimate of drug-likeness (QED) is 0.233. The molecule has 0 aromatic rings. The van der Waals surface area contributed by atoms with Crippen molar-refractivity contribution in [3.8, 4) is 12.3 Å². The van der Waals surface area contributed by atoms with Gasteiger partial charge in [0.2, 0.25) is 0 Å². The molecule has 1 heterocycles. The lowest BCUT2D eigenvalue weighted by Gasteiger charge is -2.37. The van der Waals surface area contributed by atoms with E-state index in [0.717, 1.165) is 36.0 Å². The number of carbonyl (C=O) groups excluding carboxylic acids is 1. The number of hydrogen-bond acceptors (Lipinski definition) is 4. The molecule has 2 aliphatic rings. The van der Waals surface area contributed by atoms with Crippen molar-refractivity contribution in [3.63, 3.8) is 0 Å². The highest BCUT2D eigenvalue weighted by molar-refractivity contribution is 5.96. The lowest BCUT2D eigenvalue weighted by molar-refractivity contribution is -0.153. The second kappa shape index (κ2) is 14.8. The van der Waals surface area contributed by atoms with Crippen molar-refractivity contribution in [3.05, 3.63) is 59.3 Å². The Kier molecular flexibility index (Phi) is 12.9. The van der Waals surface area contributed by atoms with Gasteiger partial charge in [-0.05, 0) is 77.2 Å². The van der Waals surface area contributed by atoms with Gasteiger partial charge in [0, 0.05) is 12.3 Å². The molecule has 0 saturated heterocycles. The number of ether oxygens (including phenoxy) is 3. The first-order valence-corrected chi connectivity index (χ1v) is 11.3. The van der Waals surface area contributed by atoms with E-state index in [2.05, 4.69) is 45.9 Å². The summed E-state index contributed by atoms with van der Waals surface area (Å²) in [5.41, 5.74) is 5.51. The molecule has 2 rings (SSSR count). The first-order valence-electron chi connectivity index (χ1n) is 11.3. The number of Topliss-reactive ketones (excluding diaryl/α,β-unsaturated/α-hetero) is 1. The molecule has 1 aliphatic carbocycles. The Morgan fingerprint density at radius 2 is 1.91 bits per heavy atom. The second-order valence-corrected chi connectivity index (χ2v) is 8.85. The van der Waals surface area contributed by atoms with E-state index in [1.807, 2.05) is 26.0 Å². The maximum atomic E-state index is 12.0. The molecule has 0 aromatic carbocycles. The summed E-state index contributed by atoms with van der Waals surface area (Å²) in [6.45, 7) is 19.0. The van der Waals surface area contributed by atoms with Crippen LogP contribution in [0.25, 0.3) is 0 Å². The zero-order chi connectivity index (χ0) is 24.1. The molecule has 0 bridgehead atoms. The summed E-state index contributed by atoms with van der Waals surface area (Å²) in [6, 6.07) is 0. The molecule has 32 heavy (non-hydrogen) atoms. The van der Waals surface area contributed by atoms with Crippen molar-refractivity contribution in [1.82, 2.24) is 0 Å². The van der Waals surface area contributed by atoms with E-state index >= 15 is 0 Å². The number of rotatable bonds is 10. The number of allylic oxidation sites excluding steroid dienone is 4. The zero-order valence-corrected chi connectivity index (χ0v) is 20.5. The van der Waals surface area contributed by atoms with Crippen LogP contribution in [0.2, 0.25) is 0 Å². The molecule has 4 heteroatoms. The van der Waals surface area contributed by atoms with Crippen molar-refractivity contribution < 1.29 is 19.0 Å². The maximum Gasteiger partial charge on any atom is 0.177 e. The lowest BCUT2D eigenvalue weighted by atomic mass is 9.80. The van der Waals surface area contributed by atoms with Crippen LogP contribution in [0.15, 0.2) is 59.3 Å². The van der Waals surface area contributed by atoms with Gasteiger partial charge in [-0.3, -0.25) is 4.79 Å². The molecule has 0 fully saturated rings. The largest absolute Gasteiger partial charge is 0.364 e. The van der Waals surface area contributed by atoms with Crippen LogP contribution >= 0.6 is 0 Å². The molecular formula is C28H40O4. The second-order valence-electron chi connectivity index (χ2n) is 8.85. The van der Waals surface area contributed by atoms with Gasteiger partial charge in [0.25, 0.3) is 0 Å². The minimum atomic E-state index is -0.433. The Labute approximate surface area is 195 Å². The number of ketones is 1. The van der Waals surface area contributed by atoms with Crippen LogP contribution in [0.4, 0.5) is 0 Å². The first-order chi connectivity index (χ1) is 15.1. The van der Waals surface area contributed by atoms with Crippen LogP contribution in [-0.4, -0.2) is 38.0 Å². The average Bonchev–Trinajstić information content (AvgIpc) is 2.69. The van der Waals surface area contributed by atoms with Crippen LogP contribution < -0.4 is 0 Å². The van der Waals surface area contributed by atoms with Gasteiger partial charge in [0.05, 0.1) is 19.3 Å². The van der Waals surface area contributed by atoms with E-state index in [0.29, 0.717) is 19.6 Å². The third-order valence-electron chi connectivity index (χ3n) is 5.16. The molecule has 0 radical (unpaired) electrons. The lowest BCUT2D eigenvalue weighted by Crippen LogP contribution is -2.39. The van der Waals surface area contributed by atoms with Gasteiger partial charge in [0.1, 0.15) is 6.61 Å². The summed E-state index contributed by atoms with van der Waals surface area (Å²) in [6.07, 6.45) is 14.2. The van der Waals surface area contributed by atoms with Crippen molar-refractivity contribution in [2.75, 3.05) is 19.8 Å². The molecule has 1 aliphatic heterocycles. The molecule has 0 saturated carbocycles. The highest BCUT2D eigenvalue weighted by Crippen LogP contribution is 2.34. The van der Waals surface area contributed by atoms with E-state index in [9.17, 15) is 4.79 Å². The summed E-state index contributed by atoms with van der Waals surface area (Å²) < 4.78 is 17.2. The van der Waals surface area contributed by atoms with Gasteiger partial charge < -0.3 is 14.2 Å². The van der Waals surface area contributed by atoms with Gasteiger partial charge in [-0.15, -0.1) is 19.6 Å². The molecule has 0 aromatic heterocycles. The van der Waals surface area contributed by atoms with Crippen LogP contribution in [0, 0.1) is 18.3 Å². The number of terminal acetylenes is 1. The highest BCUT2D eigenvalue weighted by atomic mass is 16.7. The standard InChI is InChI=1S/C19H24O4.C9H16/c1-5-7-21-12-15-10-19(22-8-6-13(2)3)23-18-9-14(4)17(20)11-16(15)18;1-8(2)6-5-7-9(3)4/h1,9-10,16,18-19H,2,6-8,11-12H2,3-4H3;7H,1,5-6H2,2-4H3/t16-,18?,19?;/m1./s1. The Morgan fingerprint density at radius 3 is 2.50 bits per heavy atom. The van der Waals surface area contributed by atoms with Crippen LogP contribution in [0.3, 0.4) is 0 Å². The predicted molar refractivity (Wildman–Crippen MR) is 132 cm³/mol. The van der Waals surface area contributed by atoms with E-state index in [1.165, 1.54) is 11.1 Å². The van der Waals surface area contributed by atoms with Crippen LogP contribution in [-0.2, 0) is 19.0 Å². The molecule has 2 unspecified atom stereocenters. The van der Waals surface area contributed by atoms with E-state index in [-0.39, 0.29) is 24.4 Å². The van der Waals surface area contributed by atoms with Gasteiger partial charge in [-0.2, -0.15) is 0 Å². The monoisotopic (exact) mass is 440 g/mol. The molecule has 3 atom stereocenters. The molecule has 176 valence electrons. The van der Waals surface area contributed by atoms with E-state index in [4.69, 9.17) is 20.6 Å². The Balaban J connectivity index is 0.000000482. The Bertz CT molecular complexity index is 787. The smallest absolute Gasteiger partial charge is 0.177 e. The van der Waals surface area contributed by atoms with Crippen LogP contribution in [0.1, 0.15) is 60.3 Å². The van der Waals surface area contributed by atoms with Gasteiger partial charge in [-0.25, -0.2) is 0 Å². The molecular weight excluding hydrogens is 400 g/mol. The van der Waals surface area contributed by atoms with Crippen molar-refractivity contribution in [2.45, 2.75) is 72.7 Å². The fraction of sp³-hybridized carbons (Fsp3) is 0.536. The minimum Gasteiger partial charge on any atom is -0.364 e. The van der Waals surface area contributed by atoms with Crippen molar-refractivity contribution >= 4 is 5.78 Å². The normalized spacial score (nSPS) is 21.8. The topological polar surface area (TPSA) is 44.8 Å². The van der Waals surface area contributed by atoms with E-state index in [1.54, 1.807) is 0 Å². The third kappa shape index (κ3) is 10.9. The van der Waals surface area contributed by atoms with Crippen molar-refractivity contribution in [2.24, 2.45) is 5.92 Å². The SMILES string of the molecule is C#CCOCC1=CC(OCCC(=C)C)OC2C=C(C)C(=O)C[C@H]12.C=C(C)CCC=C(C)C.